The molecule has 0 saturated heterocycles. The minimum Gasteiger partial charge on any atom is -0.481 e. The van der Waals surface area contributed by atoms with Gasteiger partial charge in [-0.2, -0.15) is 5.11 Å². The average Bonchev–Trinajstić information content (AvgIpc) is 2.78. The van der Waals surface area contributed by atoms with Crippen molar-refractivity contribution < 1.29 is 19.7 Å². The van der Waals surface area contributed by atoms with Crippen molar-refractivity contribution in [3.63, 3.8) is 0 Å². The Morgan fingerprint density at radius 1 is 0.946 bits per heavy atom. The Hall–Kier alpha value is -0.870. The van der Waals surface area contributed by atoms with E-state index in [4.69, 9.17) is 4.74 Å². The molecule has 4 heteroatoms. The second kappa shape index (κ2) is 8.32. The Kier molecular flexibility index (Phi) is 6.23. The zero-order chi connectivity index (χ0) is 27.4. The van der Waals surface area contributed by atoms with E-state index in [1.165, 1.54) is 18.4 Å². The van der Waals surface area contributed by atoms with Crippen molar-refractivity contribution in [2.24, 2.45) is 56.7 Å². The fourth-order valence-corrected chi connectivity index (χ4v) is 11.4. The quantitative estimate of drug-likeness (QED) is 0.305. The van der Waals surface area contributed by atoms with Crippen molar-refractivity contribution >= 4 is 5.97 Å². The van der Waals surface area contributed by atoms with Crippen LogP contribution in [0.25, 0.3) is 0 Å². The van der Waals surface area contributed by atoms with Gasteiger partial charge in [-0.25, -0.2) is 0 Å². The number of ether oxygens (including phenoxy) is 1. The molecule has 5 aliphatic carbocycles. The molecule has 1 radical (unpaired) electrons. The highest BCUT2D eigenvalue weighted by Crippen LogP contribution is 2.75. The lowest BCUT2D eigenvalue weighted by atomic mass is 9.33. The lowest BCUT2D eigenvalue weighted by Gasteiger charge is -2.71. The fourth-order valence-electron chi connectivity index (χ4n) is 11.4. The smallest absolute Gasteiger partial charge is 0.310 e. The lowest BCUT2D eigenvalue weighted by Crippen LogP contribution is -2.65. The Balaban J connectivity index is 1.55. The third kappa shape index (κ3) is 3.63. The van der Waals surface area contributed by atoms with Crippen molar-refractivity contribution in [3.8, 4) is 0 Å². The van der Waals surface area contributed by atoms with Crippen molar-refractivity contribution in [1.29, 1.82) is 0 Å². The molecule has 4 fully saturated rings. The van der Waals surface area contributed by atoms with Gasteiger partial charge in [0.15, 0.2) is 5.79 Å². The first-order valence-electron chi connectivity index (χ1n) is 15.3. The Morgan fingerprint density at radius 3 is 2.24 bits per heavy atom. The standard InChI is InChI=1S/C33H53O4/c1-20-12-17-33(27(34)35)19-18-31(8)22(26(33)21(20)2)10-11-24-30(7)15-14-25(37-29(5,6)36)28(3,4)23(30)13-16-32(24,31)9/h10,20-21,23-26H,11-19H2,1-9H3,(H,34,35)/t20-,21+,23?,24?,25?,26+,30+,31-,32-,33+/m1/s1. The van der Waals surface area contributed by atoms with Crippen molar-refractivity contribution in [2.75, 3.05) is 0 Å². The van der Waals surface area contributed by atoms with Gasteiger partial charge < -0.3 is 9.84 Å². The molecule has 0 aromatic carbocycles. The van der Waals surface area contributed by atoms with E-state index in [-0.39, 0.29) is 33.7 Å². The molecule has 5 aliphatic rings. The molecule has 5 rings (SSSR count). The summed E-state index contributed by atoms with van der Waals surface area (Å²) in [5.74, 6) is 0.320. The molecule has 37 heavy (non-hydrogen) atoms. The maximum atomic E-state index is 12.9. The van der Waals surface area contributed by atoms with Gasteiger partial charge in [0, 0.05) is 0 Å². The van der Waals surface area contributed by atoms with E-state index in [0.29, 0.717) is 23.7 Å². The minimum absolute atomic E-state index is 0.00292. The van der Waals surface area contributed by atoms with Crippen molar-refractivity contribution in [1.82, 2.24) is 0 Å². The number of hydrogen-bond acceptors (Lipinski definition) is 2. The molecule has 0 bridgehead atoms. The molecule has 4 saturated carbocycles. The zero-order valence-electron chi connectivity index (χ0n) is 25.1. The van der Waals surface area contributed by atoms with Gasteiger partial charge in [0.1, 0.15) is 0 Å². The molecular weight excluding hydrogens is 460 g/mol. The summed E-state index contributed by atoms with van der Waals surface area (Å²) in [6, 6.07) is 0. The normalized spacial score (nSPS) is 51.1. The van der Waals surface area contributed by atoms with Crippen LogP contribution in [0.1, 0.15) is 120 Å². The Bertz CT molecular complexity index is 975. The van der Waals surface area contributed by atoms with Gasteiger partial charge in [-0.15, -0.1) is 0 Å². The molecule has 4 nitrogen and oxygen atoms in total. The van der Waals surface area contributed by atoms with Crippen LogP contribution < -0.4 is 0 Å². The Labute approximate surface area is 226 Å². The summed E-state index contributed by atoms with van der Waals surface area (Å²) in [5, 5.41) is 23.1. The topological polar surface area (TPSA) is 66.4 Å². The third-order valence-corrected chi connectivity index (χ3v) is 13.8. The first kappa shape index (κ1) is 27.7. The molecule has 0 aromatic rings. The van der Waals surface area contributed by atoms with E-state index in [0.717, 1.165) is 44.9 Å². The summed E-state index contributed by atoms with van der Waals surface area (Å²) >= 11 is 0. The van der Waals surface area contributed by atoms with Crippen LogP contribution in [0.5, 0.6) is 0 Å². The molecular formula is C33H53O4. The van der Waals surface area contributed by atoms with Crippen LogP contribution in [0.2, 0.25) is 0 Å². The zero-order valence-corrected chi connectivity index (χ0v) is 25.1. The summed E-state index contributed by atoms with van der Waals surface area (Å²) in [6.07, 6.45) is 11.7. The maximum absolute atomic E-state index is 12.9. The maximum Gasteiger partial charge on any atom is 0.310 e. The molecule has 0 aromatic heterocycles. The van der Waals surface area contributed by atoms with Gasteiger partial charge in [0.05, 0.1) is 11.5 Å². The van der Waals surface area contributed by atoms with Gasteiger partial charge in [0.25, 0.3) is 0 Å². The van der Waals surface area contributed by atoms with E-state index in [1.807, 2.05) is 0 Å². The summed E-state index contributed by atoms with van der Waals surface area (Å²) < 4.78 is 6.15. The second-order valence-electron chi connectivity index (χ2n) is 16.0. The monoisotopic (exact) mass is 513 g/mol. The molecule has 0 spiro atoms. The van der Waals surface area contributed by atoms with Crippen LogP contribution >= 0.6 is 0 Å². The van der Waals surface area contributed by atoms with E-state index in [9.17, 15) is 15.0 Å². The number of allylic oxidation sites excluding steroid dienone is 2. The second-order valence-corrected chi connectivity index (χ2v) is 16.0. The predicted molar refractivity (Wildman–Crippen MR) is 146 cm³/mol. The van der Waals surface area contributed by atoms with Gasteiger partial charge in [-0.05, 0) is 123 Å². The number of fused-ring (bicyclic) bond motifs is 7. The summed E-state index contributed by atoms with van der Waals surface area (Å²) in [4.78, 5) is 12.9. The number of hydrogen-bond donors (Lipinski definition) is 1. The summed E-state index contributed by atoms with van der Waals surface area (Å²) in [6.45, 7) is 20.3. The van der Waals surface area contributed by atoms with E-state index < -0.39 is 17.2 Å². The van der Waals surface area contributed by atoms with Crippen molar-refractivity contribution in [3.05, 3.63) is 11.6 Å². The van der Waals surface area contributed by atoms with Crippen LogP contribution in [0.4, 0.5) is 0 Å². The molecule has 209 valence electrons. The highest BCUT2D eigenvalue weighted by atomic mass is 16.6. The molecule has 10 atom stereocenters. The first-order valence-corrected chi connectivity index (χ1v) is 15.3. The van der Waals surface area contributed by atoms with E-state index in [1.54, 1.807) is 13.8 Å². The number of rotatable bonds is 3. The SMILES string of the molecule is C[C@H]1[C@H](C)CC[C@]2(C(=O)O)CC[C@]3(C)C(=CCC4[C@@]5(C)CCC(OC(C)(C)[O])C(C)(C)C5CC[C@]43C)[C@H]12. The number of aliphatic carboxylic acids is 1. The lowest BCUT2D eigenvalue weighted by molar-refractivity contribution is -0.290. The predicted octanol–water partition coefficient (Wildman–Crippen LogP) is 8.28. The molecule has 0 amide bonds. The number of carboxylic acid groups (broad SMARTS) is 1. The molecule has 0 aliphatic heterocycles. The van der Waals surface area contributed by atoms with E-state index in [2.05, 4.69) is 54.5 Å². The molecule has 3 unspecified atom stereocenters. The van der Waals surface area contributed by atoms with Crippen LogP contribution in [0, 0.1) is 56.7 Å². The number of carboxylic acids is 1. The minimum atomic E-state index is -1.36. The van der Waals surface area contributed by atoms with Gasteiger partial charge in [-0.3, -0.25) is 4.79 Å². The summed E-state index contributed by atoms with van der Waals surface area (Å²) in [7, 11) is 0. The highest BCUT2D eigenvalue weighted by molar-refractivity contribution is 5.76. The van der Waals surface area contributed by atoms with E-state index >= 15 is 0 Å². The Morgan fingerprint density at radius 2 is 1.62 bits per heavy atom. The van der Waals surface area contributed by atoms with Crippen LogP contribution in [0.3, 0.4) is 0 Å². The molecule has 1 N–H and O–H groups in total. The third-order valence-electron chi connectivity index (χ3n) is 13.8. The fraction of sp³-hybridized carbons (Fsp3) is 0.909. The first-order chi connectivity index (χ1) is 16.9. The van der Waals surface area contributed by atoms with Crippen molar-refractivity contribution in [2.45, 2.75) is 132 Å². The van der Waals surface area contributed by atoms with Crippen LogP contribution in [-0.2, 0) is 14.6 Å². The highest BCUT2D eigenvalue weighted by Gasteiger charge is 2.69. The van der Waals surface area contributed by atoms with Crippen LogP contribution in [-0.4, -0.2) is 23.0 Å². The number of carbonyl (C=O) groups is 1. The average molecular weight is 514 g/mol. The van der Waals surface area contributed by atoms with Gasteiger partial charge in [0.2, 0.25) is 0 Å². The van der Waals surface area contributed by atoms with Crippen LogP contribution in [0.15, 0.2) is 11.6 Å². The van der Waals surface area contributed by atoms with Gasteiger partial charge in [-0.1, -0.05) is 60.1 Å². The summed E-state index contributed by atoms with van der Waals surface area (Å²) in [5.41, 5.74) is 1.29. The molecule has 0 heterocycles. The largest absolute Gasteiger partial charge is 0.481 e. The van der Waals surface area contributed by atoms with Gasteiger partial charge >= 0.3 is 5.97 Å².